The summed E-state index contributed by atoms with van der Waals surface area (Å²) in [6.45, 7) is 3.65. The molecule has 0 aliphatic heterocycles. The van der Waals surface area contributed by atoms with Crippen molar-refractivity contribution >= 4 is 34.5 Å². The highest BCUT2D eigenvalue weighted by atomic mass is 35.5. The van der Waals surface area contributed by atoms with Crippen LogP contribution in [0.1, 0.15) is 20.8 Å². The van der Waals surface area contributed by atoms with Crippen molar-refractivity contribution in [3.05, 3.63) is 44.6 Å². The fraction of sp³-hybridized carbons (Fsp3) is 0.154. The number of phenolic OH excluding ortho intramolecular Hbond substituents is 1. The molecule has 3 nitrogen and oxygen atoms in total. The monoisotopic (exact) mass is 281 g/mol. The van der Waals surface area contributed by atoms with E-state index in [9.17, 15) is 9.90 Å². The van der Waals surface area contributed by atoms with E-state index in [2.05, 4.69) is 5.32 Å². The largest absolute Gasteiger partial charge is 0.508 e. The van der Waals surface area contributed by atoms with Gasteiger partial charge in [0, 0.05) is 11.8 Å². The minimum Gasteiger partial charge on any atom is -0.508 e. The molecule has 5 heteroatoms. The van der Waals surface area contributed by atoms with Crippen LogP contribution in [0, 0.1) is 13.8 Å². The zero-order chi connectivity index (χ0) is 13.3. The number of aryl methyl sites for hydroxylation is 2. The number of thiophene rings is 1. The number of hydrogen-bond donors (Lipinski definition) is 2. The van der Waals surface area contributed by atoms with Crippen LogP contribution in [0.15, 0.2) is 23.6 Å². The van der Waals surface area contributed by atoms with Crippen LogP contribution in [0.4, 0.5) is 5.69 Å². The van der Waals surface area contributed by atoms with E-state index < -0.39 is 0 Å². The van der Waals surface area contributed by atoms with E-state index in [0.29, 0.717) is 15.6 Å². The van der Waals surface area contributed by atoms with Crippen molar-refractivity contribution in [1.82, 2.24) is 0 Å². The van der Waals surface area contributed by atoms with E-state index in [-0.39, 0.29) is 11.7 Å². The van der Waals surface area contributed by atoms with Crippen LogP contribution in [-0.2, 0) is 0 Å². The zero-order valence-corrected chi connectivity index (χ0v) is 11.5. The Kier molecular flexibility index (Phi) is 3.59. The van der Waals surface area contributed by atoms with Crippen LogP contribution in [0.25, 0.3) is 0 Å². The van der Waals surface area contributed by atoms with Gasteiger partial charge in [0.25, 0.3) is 5.91 Å². The summed E-state index contributed by atoms with van der Waals surface area (Å²) in [5, 5.41) is 14.6. The molecule has 0 aliphatic carbocycles. The molecule has 2 N–H and O–H groups in total. The lowest BCUT2D eigenvalue weighted by molar-refractivity contribution is 0.103. The Balaban J connectivity index is 2.21. The molecule has 0 saturated carbocycles. The Morgan fingerprint density at radius 3 is 2.61 bits per heavy atom. The predicted molar refractivity (Wildman–Crippen MR) is 74.9 cm³/mol. The number of rotatable bonds is 2. The third kappa shape index (κ3) is 2.49. The molecular weight excluding hydrogens is 270 g/mol. The SMILES string of the molecule is Cc1ccc(NC(=O)c2scc(C)c2Cl)cc1O. The first-order valence-electron chi connectivity index (χ1n) is 5.33. The molecule has 94 valence electrons. The van der Waals surface area contributed by atoms with Crippen molar-refractivity contribution < 1.29 is 9.90 Å². The lowest BCUT2D eigenvalue weighted by atomic mass is 10.2. The number of nitrogens with one attached hydrogen (secondary N) is 1. The molecule has 0 fully saturated rings. The van der Waals surface area contributed by atoms with E-state index >= 15 is 0 Å². The van der Waals surface area contributed by atoms with E-state index in [4.69, 9.17) is 11.6 Å². The van der Waals surface area contributed by atoms with Crippen molar-refractivity contribution in [2.75, 3.05) is 5.32 Å². The molecule has 0 saturated heterocycles. The molecule has 18 heavy (non-hydrogen) atoms. The Morgan fingerprint density at radius 2 is 2.06 bits per heavy atom. The molecule has 1 heterocycles. The Morgan fingerprint density at radius 1 is 1.33 bits per heavy atom. The predicted octanol–water partition coefficient (Wildman–Crippen LogP) is 3.98. The summed E-state index contributed by atoms with van der Waals surface area (Å²) in [6.07, 6.45) is 0. The van der Waals surface area contributed by atoms with Gasteiger partial charge in [0.2, 0.25) is 0 Å². The highest BCUT2D eigenvalue weighted by molar-refractivity contribution is 7.13. The van der Waals surface area contributed by atoms with E-state index in [1.54, 1.807) is 19.1 Å². The average molecular weight is 282 g/mol. The molecule has 0 spiro atoms. The van der Waals surface area contributed by atoms with Crippen LogP contribution in [0.5, 0.6) is 5.75 Å². The lowest BCUT2D eigenvalue weighted by Crippen LogP contribution is -2.10. The van der Waals surface area contributed by atoms with Crippen LogP contribution >= 0.6 is 22.9 Å². The summed E-state index contributed by atoms with van der Waals surface area (Å²) in [5.41, 5.74) is 2.20. The molecule has 0 atom stereocenters. The van der Waals surface area contributed by atoms with Gasteiger partial charge in [0.05, 0.1) is 5.02 Å². The normalized spacial score (nSPS) is 10.4. The van der Waals surface area contributed by atoms with Gasteiger partial charge in [-0.15, -0.1) is 11.3 Å². The molecule has 0 radical (unpaired) electrons. The lowest BCUT2D eigenvalue weighted by Gasteiger charge is -2.06. The maximum Gasteiger partial charge on any atom is 0.267 e. The second-order valence-corrected chi connectivity index (χ2v) is 5.27. The highest BCUT2D eigenvalue weighted by Gasteiger charge is 2.14. The van der Waals surface area contributed by atoms with Crippen molar-refractivity contribution in [2.24, 2.45) is 0 Å². The number of hydrogen-bond acceptors (Lipinski definition) is 3. The molecule has 0 unspecified atom stereocenters. The van der Waals surface area contributed by atoms with E-state index in [1.807, 2.05) is 12.3 Å². The average Bonchev–Trinajstić information content (AvgIpc) is 2.65. The molecular formula is C13H12ClNO2S. The topological polar surface area (TPSA) is 49.3 Å². The van der Waals surface area contributed by atoms with Gasteiger partial charge in [0.1, 0.15) is 10.6 Å². The summed E-state index contributed by atoms with van der Waals surface area (Å²) < 4.78 is 0. The molecule has 0 bridgehead atoms. The first-order valence-corrected chi connectivity index (χ1v) is 6.59. The van der Waals surface area contributed by atoms with Gasteiger partial charge in [-0.1, -0.05) is 17.7 Å². The number of phenols is 1. The van der Waals surface area contributed by atoms with Crippen LogP contribution < -0.4 is 5.32 Å². The quantitative estimate of drug-likeness (QED) is 0.875. The number of carbonyl (C=O) groups is 1. The molecule has 1 aromatic carbocycles. The summed E-state index contributed by atoms with van der Waals surface area (Å²) in [7, 11) is 0. The molecule has 0 aliphatic rings. The van der Waals surface area contributed by atoms with Gasteiger partial charge in [-0.3, -0.25) is 4.79 Å². The fourth-order valence-electron chi connectivity index (χ4n) is 1.46. The Hall–Kier alpha value is -1.52. The third-order valence-corrected chi connectivity index (χ3v) is 4.27. The number of halogens is 1. The fourth-order valence-corrected chi connectivity index (χ4v) is 2.63. The van der Waals surface area contributed by atoms with Gasteiger partial charge in [0.15, 0.2) is 0 Å². The maximum absolute atomic E-state index is 12.0. The van der Waals surface area contributed by atoms with Gasteiger partial charge >= 0.3 is 0 Å². The standard InChI is InChI=1S/C13H12ClNO2S/c1-7-3-4-9(5-10(7)16)15-13(17)12-11(14)8(2)6-18-12/h3-6,16H,1-2H3,(H,15,17). The van der Waals surface area contributed by atoms with E-state index in [1.165, 1.54) is 17.4 Å². The number of carbonyl (C=O) groups excluding carboxylic acids is 1. The maximum atomic E-state index is 12.0. The first kappa shape index (κ1) is 12.9. The van der Waals surface area contributed by atoms with Crippen molar-refractivity contribution in [3.8, 4) is 5.75 Å². The highest BCUT2D eigenvalue weighted by Crippen LogP contribution is 2.28. The van der Waals surface area contributed by atoms with Crippen molar-refractivity contribution in [3.63, 3.8) is 0 Å². The Bertz CT molecular complexity index is 607. The first-order chi connectivity index (χ1) is 8.49. The number of aromatic hydroxyl groups is 1. The summed E-state index contributed by atoms with van der Waals surface area (Å²) >= 11 is 7.33. The van der Waals surface area contributed by atoms with Crippen LogP contribution in [-0.4, -0.2) is 11.0 Å². The zero-order valence-electron chi connectivity index (χ0n) is 9.95. The van der Waals surface area contributed by atoms with Gasteiger partial charge in [-0.25, -0.2) is 0 Å². The van der Waals surface area contributed by atoms with Gasteiger partial charge in [-0.05, 0) is 36.4 Å². The minimum absolute atomic E-state index is 0.154. The third-order valence-electron chi connectivity index (χ3n) is 2.57. The van der Waals surface area contributed by atoms with Gasteiger partial charge < -0.3 is 10.4 Å². The molecule has 2 rings (SSSR count). The second kappa shape index (κ2) is 5.00. The van der Waals surface area contributed by atoms with Crippen LogP contribution in [0.2, 0.25) is 5.02 Å². The van der Waals surface area contributed by atoms with Crippen molar-refractivity contribution in [2.45, 2.75) is 13.8 Å². The number of amides is 1. The van der Waals surface area contributed by atoms with Crippen molar-refractivity contribution in [1.29, 1.82) is 0 Å². The smallest absolute Gasteiger partial charge is 0.267 e. The second-order valence-electron chi connectivity index (χ2n) is 4.02. The minimum atomic E-state index is -0.263. The molecule has 2 aromatic rings. The molecule has 1 amide bonds. The summed E-state index contributed by atoms with van der Waals surface area (Å²) in [6, 6.07) is 5.00. The van der Waals surface area contributed by atoms with Crippen LogP contribution in [0.3, 0.4) is 0 Å². The number of benzene rings is 1. The van der Waals surface area contributed by atoms with Gasteiger partial charge in [-0.2, -0.15) is 0 Å². The summed E-state index contributed by atoms with van der Waals surface area (Å²) in [4.78, 5) is 12.5. The Labute approximate surface area is 114 Å². The number of anilines is 1. The summed E-state index contributed by atoms with van der Waals surface area (Å²) in [5.74, 6) is -0.109. The molecule has 1 aromatic heterocycles. The van der Waals surface area contributed by atoms with E-state index in [0.717, 1.165) is 11.1 Å².